The molecule has 162 valence electrons. The number of amides is 1. The minimum atomic E-state index is -0.303. The quantitative estimate of drug-likeness (QED) is 0.316. The number of fused-ring (bicyclic) bond motifs is 1. The van der Waals surface area contributed by atoms with Crippen LogP contribution < -0.4 is 5.43 Å². The monoisotopic (exact) mass is 436 g/mol. The Hall–Kier alpha value is -4.59. The van der Waals surface area contributed by atoms with Crippen LogP contribution in [0, 0.1) is 0 Å². The van der Waals surface area contributed by atoms with E-state index in [2.05, 4.69) is 25.9 Å². The molecular formula is C25H20N6O2. The topological polar surface area (TPSA) is 98.2 Å². The van der Waals surface area contributed by atoms with E-state index in [1.807, 2.05) is 72.8 Å². The van der Waals surface area contributed by atoms with Crippen LogP contribution in [0.2, 0.25) is 0 Å². The highest BCUT2D eigenvalue weighted by Crippen LogP contribution is 2.19. The third kappa shape index (κ3) is 4.54. The Balaban J connectivity index is 1.22. The zero-order chi connectivity index (χ0) is 22.6. The minimum Gasteiger partial charge on any atom is -0.455 e. The molecule has 0 unspecified atom stereocenters. The van der Waals surface area contributed by atoms with Crippen molar-refractivity contribution >= 4 is 22.6 Å². The van der Waals surface area contributed by atoms with E-state index in [1.165, 1.54) is 4.80 Å². The normalized spacial score (nSPS) is 11.6. The molecule has 0 saturated heterocycles. The molecule has 0 aliphatic heterocycles. The molecule has 2 heterocycles. The van der Waals surface area contributed by atoms with Gasteiger partial charge in [0.25, 0.3) is 5.91 Å². The van der Waals surface area contributed by atoms with Crippen molar-refractivity contribution < 1.29 is 9.21 Å². The fraction of sp³-hybridized carbons (Fsp3) is 0.0800. The van der Waals surface area contributed by atoms with Crippen molar-refractivity contribution in [3.63, 3.8) is 0 Å². The van der Waals surface area contributed by atoms with Gasteiger partial charge in [0.1, 0.15) is 11.3 Å². The predicted molar refractivity (Wildman–Crippen MR) is 125 cm³/mol. The van der Waals surface area contributed by atoms with Crippen LogP contribution in [0.3, 0.4) is 0 Å². The molecule has 0 fully saturated rings. The zero-order valence-corrected chi connectivity index (χ0v) is 17.8. The Labute approximate surface area is 189 Å². The van der Waals surface area contributed by atoms with Gasteiger partial charge in [-0.15, -0.1) is 10.2 Å². The van der Waals surface area contributed by atoms with Crippen molar-refractivity contribution in [2.24, 2.45) is 5.10 Å². The van der Waals surface area contributed by atoms with Crippen LogP contribution in [-0.2, 0) is 6.54 Å². The van der Waals surface area contributed by atoms with Crippen molar-refractivity contribution in [3.05, 3.63) is 102 Å². The van der Waals surface area contributed by atoms with Crippen LogP contribution in [0.1, 0.15) is 28.6 Å². The van der Waals surface area contributed by atoms with E-state index in [0.29, 0.717) is 29.4 Å². The Morgan fingerprint density at radius 3 is 2.55 bits per heavy atom. The molecule has 0 atom stereocenters. The molecule has 3 aromatic carbocycles. The number of carbonyl (C=O) groups excluding carboxylic acids is 1. The molecule has 0 aliphatic rings. The number of para-hydroxylation sites is 1. The maximum absolute atomic E-state index is 12.5. The zero-order valence-electron chi connectivity index (χ0n) is 17.8. The first-order chi connectivity index (χ1) is 16.2. The van der Waals surface area contributed by atoms with Gasteiger partial charge in [0.05, 0.1) is 6.54 Å². The van der Waals surface area contributed by atoms with Crippen LogP contribution in [0.4, 0.5) is 0 Å². The van der Waals surface area contributed by atoms with Gasteiger partial charge in [-0.2, -0.15) is 9.90 Å². The summed E-state index contributed by atoms with van der Waals surface area (Å²) in [5.41, 5.74) is 6.30. The highest BCUT2D eigenvalue weighted by Gasteiger charge is 2.10. The summed E-state index contributed by atoms with van der Waals surface area (Å²) in [6.07, 6.45) is 0. The number of aromatic nitrogens is 4. The first kappa shape index (κ1) is 20.3. The van der Waals surface area contributed by atoms with Gasteiger partial charge in [-0.3, -0.25) is 4.79 Å². The van der Waals surface area contributed by atoms with E-state index in [0.717, 1.165) is 22.1 Å². The molecule has 0 aliphatic carbocycles. The maximum atomic E-state index is 12.5. The Bertz CT molecular complexity index is 1400. The standard InChI is InChI=1S/C25H20N6O2/c1-17(23-15-21-9-5-6-10-22(21)33-23)26-28-25(32)20-13-11-18(12-14-20)16-31-29-24(27-30-31)19-7-3-2-4-8-19/h2-15H,16H2,1H3,(H,28,32). The predicted octanol–water partition coefficient (Wildman–Crippen LogP) is 4.29. The van der Waals surface area contributed by atoms with Crippen LogP contribution in [0.5, 0.6) is 0 Å². The van der Waals surface area contributed by atoms with Crippen LogP contribution in [-0.4, -0.2) is 31.8 Å². The summed E-state index contributed by atoms with van der Waals surface area (Å²) in [5.74, 6) is 0.883. The van der Waals surface area contributed by atoms with Gasteiger partial charge < -0.3 is 4.42 Å². The maximum Gasteiger partial charge on any atom is 0.271 e. The number of carbonyl (C=O) groups is 1. The van der Waals surface area contributed by atoms with Gasteiger partial charge >= 0.3 is 0 Å². The molecule has 1 N–H and O–H groups in total. The highest BCUT2D eigenvalue weighted by molar-refractivity contribution is 6.01. The number of nitrogens with one attached hydrogen (secondary N) is 1. The SMILES string of the molecule is CC(=NNC(=O)c1ccc(Cn2nnc(-c3ccccc3)n2)cc1)c1cc2ccccc2o1. The van der Waals surface area contributed by atoms with Crippen LogP contribution in [0.15, 0.2) is 94.4 Å². The van der Waals surface area contributed by atoms with Gasteiger partial charge in [0.2, 0.25) is 5.82 Å². The Kier molecular flexibility index (Phi) is 5.47. The summed E-state index contributed by atoms with van der Waals surface area (Å²) in [5, 5.41) is 17.8. The molecule has 8 heteroatoms. The van der Waals surface area contributed by atoms with Gasteiger partial charge in [-0.1, -0.05) is 60.7 Å². The minimum absolute atomic E-state index is 0.303. The Morgan fingerprint density at radius 1 is 1.00 bits per heavy atom. The van der Waals surface area contributed by atoms with Crippen molar-refractivity contribution in [2.45, 2.75) is 13.5 Å². The van der Waals surface area contributed by atoms with E-state index in [-0.39, 0.29) is 5.91 Å². The van der Waals surface area contributed by atoms with Crippen LogP contribution in [0.25, 0.3) is 22.4 Å². The largest absolute Gasteiger partial charge is 0.455 e. The molecular weight excluding hydrogens is 416 g/mol. The fourth-order valence-corrected chi connectivity index (χ4v) is 3.35. The lowest BCUT2D eigenvalue weighted by Gasteiger charge is -2.03. The van der Waals surface area contributed by atoms with E-state index >= 15 is 0 Å². The second-order valence-corrected chi connectivity index (χ2v) is 7.49. The lowest BCUT2D eigenvalue weighted by atomic mass is 10.1. The number of furan rings is 1. The molecule has 0 spiro atoms. The summed E-state index contributed by atoms with van der Waals surface area (Å²) in [6, 6.07) is 26.5. The van der Waals surface area contributed by atoms with Gasteiger partial charge in [0, 0.05) is 16.5 Å². The van der Waals surface area contributed by atoms with Crippen LogP contribution >= 0.6 is 0 Å². The molecule has 8 nitrogen and oxygen atoms in total. The number of hydrogen-bond acceptors (Lipinski definition) is 6. The first-order valence-corrected chi connectivity index (χ1v) is 10.4. The summed E-state index contributed by atoms with van der Waals surface area (Å²) < 4.78 is 5.77. The lowest BCUT2D eigenvalue weighted by molar-refractivity contribution is 0.0955. The molecule has 33 heavy (non-hydrogen) atoms. The van der Waals surface area contributed by atoms with E-state index in [9.17, 15) is 4.79 Å². The fourth-order valence-electron chi connectivity index (χ4n) is 3.35. The van der Waals surface area contributed by atoms with E-state index < -0.39 is 0 Å². The second kappa shape index (κ2) is 8.88. The summed E-state index contributed by atoms with van der Waals surface area (Å²) in [7, 11) is 0. The van der Waals surface area contributed by atoms with Crippen molar-refractivity contribution in [1.29, 1.82) is 0 Å². The number of hydrazone groups is 1. The molecule has 5 rings (SSSR count). The third-order valence-electron chi connectivity index (χ3n) is 5.13. The number of benzene rings is 3. The molecule has 0 bridgehead atoms. The molecule has 0 radical (unpaired) electrons. The average Bonchev–Trinajstić information content (AvgIpc) is 3.50. The molecule has 2 aromatic heterocycles. The summed E-state index contributed by atoms with van der Waals surface area (Å²) in [4.78, 5) is 14.0. The van der Waals surface area contributed by atoms with Crippen molar-refractivity contribution in [2.75, 3.05) is 0 Å². The molecule has 5 aromatic rings. The lowest BCUT2D eigenvalue weighted by Crippen LogP contribution is -2.19. The van der Waals surface area contributed by atoms with E-state index in [1.54, 1.807) is 19.1 Å². The van der Waals surface area contributed by atoms with Crippen molar-refractivity contribution in [3.8, 4) is 11.4 Å². The van der Waals surface area contributed by atoms with Gasteiger partial charge in [-0.05, 0) is 42.0 Å². The third-order valence-corrected chi connectivity index (χ3v) is 5.13. The number of hydrogen-bond donors (Lipinski definition) is 1. The summed E-state index contributed by atoms with van der Waals surface area (Å²) in [6.45, 7) is 2.24. The number of rotatable bonds is 6. The average molecular weight is 436 g/mol. The smallest absolute Gasteiger partial charge is 0.271 e. The second-order valence-electron chi connectivity index (χ2n) is 7.49. The van der Waals surface area contributed by atoms with E-state index in [4.69, 9.17) is 4.42 Å². The van der Waals surface area contributed by atoms with Gasteiger partial charge in [0.15, 0.2) is 5.76 Å². The number of tetrazole rings is 1. The first-order valence-electron chi connectivity index (χ1n) is 10.4. The highest BCUT2D eigenvalue weighted by atomic mass is 16.3. The van der Waals surface area contributed by atoms with Gasteiger partial charge in [-0.25, -0.2) is 5.43 Å². The Morgan fingerprint density at radius 2 is 1.76 bits per heavy atom. The molecule has 1 amide bonds. The summed E-state index contributed by atoms with van der Waals surface area (Å²) >= 11 is 0. The van der Waals surface area contributed by atoms with Crippen molar-refractivity contribution in [1.82, 2.24) is 25.6 Å². The number of nitrogens with zero attached hydrogens (tertiary/aromatic N) is 5. The molecule has 0 saturated carbocycles.